The Balaban J connectivity index is 1.39. The molecule has 10 heteroatoms. The number of nitrogens with one attached hydrogen (secondary N) is 1. The number of likely N-dealkylation sites (N-methyl/N-ethyl adjacent to an activating group) is 1. The molecule has 0 spiro atoms. The van der Waals surface area contributed by atoms with Crippen molar-refractivity contribution in [3.63, 3.8) is 0 Å². The molecule has 2 aromatic heterocycles. The molecule has 0 radical (unpaired) electrons. The molecule has 218 valence electrons. The second kappa shape index (κ2) is 12.1. The zero-order chi connectivity index (χ0) is 30.7. The van der Waals surface area contributed by atoms with Gasteiger partial charge in [-0.1, -0.05) is 32.8 Å². The third kappa shape index (κ3) is 6.73. The Morgan fingerprint density at radius 3 is 2.44 bits per heavy atom. The first-order valence-electron chi connectivity index (χ1n) is 14.0. The highest BCUT2D eigenvalue weighted by Crippen LogP contribution is 2.30. The lowest BCUT2D eigenvalue weighted by Gasteiger charge is -2.34. The largest absolute Gasteiger partial charge is 0.478 e. The van der Waals surface area contributed by atoms with Crippen molar-refractivity contribution in [1.29, 1.82) is 5.26 Å². The van der Waals surface area contributed by atoms with E-state index in [4.69, 9.17) is 0 Å². The van der Waals surface area contributed by atoms with Gasteiger partial charge in [0.1, 0.15) is 5.56 Å². The van der Waals surface area contributed by atoms with Crippen molar-refractivity contribution in [2.24, 2.45) is 0 Å². The van der Waals surface area contributed by atoms with E-state index < -0.39 is 5.97 Å². The number of benzene rings is 2. The minimum Gasteiger partial charge on any atom is -0.478 e. The van der Waals surface area contributed by atoms with Crippen molar-refractivity contribution in [2.75, 3.05) is 38.5 Å². The van der Waals surface area contributed by atoms with Crippen LogP contribution in [0, 0.1) is 23.2 Å². The summed E-state index contributed by atoms with van der Waals surface area (Å²) >= 11 is 0. The van der Waals surface area contributed by atoms with Crippen molar-refractivity contribution in [1.82, 2.24) is 24.4 Å². The molecule has 1 aliphatic rings. The van der Waals surface area contributed by atoms with Crippen LogP contribution < -0.4 is 5.32 Å². The number of fused-ring (bicyclic) bond motifs is 1. The quantitative estimate of drug-likeness (QED) is 0.342. The Labute approximate surface area is 250 Å². The molecule has 2 aromatic carbocycles. The smallest absolute Gasteiger partial charge is 0.339 e. The van der Waals surface area contributed by atoms with E-state index in [1.807, 2.05) is 12.1 Å². The predicted molar refractivity (Wildman–Crippen MR) is 163 cm³/mol. The SMILES string of the molecule is CN1CCN(Cc2ccc(NC(=O)c3cc(C#N)cc(C#Cc4nnc5c(C(=O)O)cccn45)c3)cc2C(C)(C)C)CC1. The Morgan fingerprint density at radius 1 is 1.00 bits per heavy atom. The lowest BCUT2D eigenvalue weighted by molar-refractivity contribution is 0.0698. The van der Waals surface area contributed by atoms with Crippen LogP contribution in [0.25, 0.3) is 5.65 Å². The molecule has 0 unspecified atom stereocenters. The van der Waals surface area contributed by atoms with Crippen molar-refractivity contribution in [2.45, 2.75) is 32.7 Å². The number of pyridine rings is 1. The molecule has 43 heavy (non-hydrogen) atoms. The number of aromatic nitrogens is 3. The summed E-state index contributed by atoms with van der Waals surface area (Å²) in [5, 5.41) is 30.0. The van der Waals surface area contributed by atoms with Gasteiger partial charge in [0.25, 0.3) is 5.91 Å². The number of carbonyl (C=O) groups is 2. The maximum atomic E-state index is 13.4. The first-order chi connectivity index (χ1) is 20.5. The van der Waals surface area contributed by atoms with Gasteiger partial charge in [0.05, 0.1) is 11.6 Å². The van der Waals surface area contributed by atoms with Gasteiger partial charge < -0.3 is 15.3 Å². The fraction of sp³-hybridized carbons (Fsp3) is 0.303. The number of hydrogen-bond acceptors (Lipinski definition) is 7. The number of aromatic carboxylic acids is 1. The average Bonchev–Trinajstić information content (AvgIpc) is 3.40. The number of carbonyl (C=O) groups excluding carboxylic acids is 1. The van der Waals surface area contributed by atoms with Gasteiger partial charge in [-0.05, 0) is 72.0 Å². The van der Waals surface area contributed by atoms with E-state index >= 15 is 0 Å². The van der Waals surface area contributed by atoms with Crippen molar-refractivity contribution in [3.05, 3.63) is 93.9 Å². The maximum Gasteiger partial charge on any atom is 0.339 e. The monoisotopic (exact) mass is 575 g/mol. The van der Waals surface area contributed by atoms with Crippen LogP contribution in [0.1, 0.15) is 69.6 Å². The average molecular weight is 576 g/mol. The molecule has 1 fully saturated rings. The number of rotatable bonds is 5. The molecule has 0 saturated carbocycles. The number of nitrogens with zero attached hydrogens (tertiary/aromatic N) is 6. The van der Waals surface area contributed by atoms with Gasteiger partial charge in [0.2, 0.25) is 5.82 Å². The predicted octanol–water partition coefficient (Wildman–Crippen LogP) is 4.00. The van der Waals surface area contributed by atoms with Crippen molar-refractivity contribution < 1.29 is 14.7 Å². The van der Waals surface area contributed by atoms with Gasteiger partial charge in [-0.2, -0.15) is 5.26 Å². The van der Waals surface area contributed by atoms with Crippen LogP contribution in [-0.4, -0.2) is 74.6 Å². The second-order valence-corrected chi connectivity index (χ2v) is 11.8. The van der Waals surface area contributed by atoms with Gasteiger partial charge in [-0.15, -0.1) is 10.2 Å². The fourth-order valence-electron chi connectivity index (χ4n) is 5.13. The molecule has 5 rings (SSSR count). The molecule has 4 aromatic rings. The number of hydrogen-bond donors (Lipinski definition) is 2. The fourth-order valence-corrected chi connectivity index (χ4v) is 5.13. The van der Waals surface area contributed by atoms with E-state index in [1.165, 1.54) is 27.7 Å². The van der Waals surface area contributed by atoms with Gasteiger partial charge in [0, 0.05) is 55.7 Å². The molecular weight excluding hydrogens is 542 g/mol. The minimum absolute atomic E-state index is 0.00969. The number of nitriles is 1. The Hall–Kier alpha value is -5.03. The standard InChI is InChI=1S/C33H33N7O3/c1-33(2,3)28-19-26(9-8-24(28)21-39-14-12-38(4)13-15-39)35-31(41)25-17-22(16-23(18-25)20-34)7-10-29-36-37-30-27(32(42)43)6-5-11-40(29)30/h5-6,8-9,11,16-19H,12-15,21H2,1-4H3,(H,35,41)(H,42,43). The Morgan fingerprint density at radius 2 is 1.74 bits per heavy atom. The summed E-state index contributed by atoms with van der Waals surface area (Å²) in [4.78, 5) is 29.7. The molecule has 1 saturated heterocycles. The third-order valence-electron chi connectivity index (χ3n) is 7.47. The van der Waals surface area contributed by atoms with Crippen LogP contribution in [-0.2, 0) is 12.0 Å². The van der Waals surface area contributed by atoms with Crippen LogP contribution in [0.3, 0.4) is 0 Å². The third-order valence-corrected chi connectivity index (χ3v) is 7.47. The number of amides is 1. The van der Waals surface area contributed by atoms with Crippen LogP contribution in [0.5, 0.6) is 0 Å². The first-order valence-corrected chi connectivity index (χ1v) is 14.0. The molecule has 0 atom stereocenters. The lowest BCUT2D eigenvalue weighted by atomic mass is 9.83. The highest BCUT2D eigenvalue weighted by atomic mass is 16.4. The first kappa shape index (κ1) is 29.5. The highest BCUT2D eigenvalue weighted by molar-refractivity contribution is 6.04. The van der Waals surface area contributed by atoms with E-state index in [1.54, 1.807) is 24.4 Å². The Bertz CT molecular complexity index is 1810. The van der Waals surface area contributed by atoms with Crippen LogP contribution >= 0.6 is 0 Å². The topological polar surface area (TPSA) is 127 Å². The summed E-state index contributed by atoms with van der Waals surface area (Å²) < 4.78 is 1.48. The summed E-state index contributed by atoms with van der Waals surface area (Å²) in [7, 11) is 2.15. The second-order valence-electron chi connectivity index (χ2n) is 11.8. The van der Waals surface area contributed by atoms with Crippen molar-refractivity contribution in [3.8, 4) is 17.9 Å². The molecule has 1 amide bonds. The normalized spacial score (nSPS) is 14.1. The van der Waals surface area contributed by atoms with Gasteiger partial charge in [0.15, 0.2) is 5.65 Å². The summed E-state index contributed by atoms with van der Waals surface area (Å²) in [6, 6.07) is 15.9. The van der Waals surface area contributed by atoms with E-state index in [-0.39, 0.29) is 33.9 Å². The van der Waals surface area contributed by atoms with E-state index in [2.05, 4.69) is 77.1 Å². The molecule has 2 N–H and O–H groups in total. The number of carboxylic acid groups (broad SMARTS) is 1. The summed E-state index contributed by atoms with van der Waals surface area (Å²) in [6.07, 6.45) is 1.62. The molecule has 0 aliphatic carbocycles. The molecule has 3 heterocycles. The van der Waals surface area contributed by atoms with Gasteiger partial charge in [-0.25, -0.2) is 4.79 Å². The number of carboxylic acids is 1. The van der Waals surface area contributed by atoms with Gasteiger partial charge >= 0.3 is 5.97 Å². The molecular formula is C33H33N7O3. The Kier molecular flexibility index (Phi) is 8.27. The zero-order valence-corrected chi connectivity index (χ0v) is 24.7. The van der Waals surface area contributed by atoms with E-state index in [0.29, 0.717) is 16.8 Å². The highest BCUT2D eigenvalue weighted by Gasteiger charge is 2.22. The molecule has 1 aliphatic heterocycles. The lowest BCUT2D eigenvalue weighted by Crippen LogP contribution is -2.44. The number of anilines is 1. The van der Waals surface area contributed by atoms with Crippen molar-refractivity contribution >= 4 is 23.2 Å². The summed E-state index contributed by atoms with van der Waals surface area (Å²) in [5.41, 5.74) is 4.18. The van der Waals surface area contributed by atoms with Crippen LogP contribution in [0.4, 0.5) is 5.69 Å². The van der Waals surface area contributed by atoms with Crippen LogP contribution in [0.15, 0.2) is 54.7 Å². The summed E-state index contributed by atoms with van der Waals surface area (Å²) in [5.74, 6) is 4.58. The molecule has 0 bridgehead atoms. The maximum absolute atomic E-state index is 13.4. The van der Waals surface area contributed by atoms with Crippen LogP contribution in [0.2, 0.25) is 0 Å². The zero-order valence-electron chi connectivity index (χ0n) is 24.7. The number of piperazine rings is 1. The summed E-state index contributed by atoms with van der Waals surface area (Å²) in [6.45, 7) is 11.5. The van der Waals surface area contributed by atoms with Gasteiger partial charge in [-0.3, -0.25) is 14.1 Å². The van der Waals surface area contributed by atoms with E-state index in [0.717, 1.165) is 32.7 Å². The minimum atomic E-state index is -1.12. The van der Waals surface area contributed by atoms with E-state index in [9.17, 15) is 20.0 Å². The molecule has 10 nitrogen and oxygen atoms in total.